The molecule has 224 valence electrons. The summed E-state index contributed by atoms with van der Waals surface area (Å²) >= 11 is 0. The maximum absolute atomic E-state index is 12.5. The number of aromatic nitrogens is 2. The molecule has 1 saturated heterocycles. The third kappa shape index (κ3) is 7.91. The van der Waals surface area contributed by atoms with Gasteiger partial charge in [0, 0.05) is 19.5 Å². The number of carboxylic acid groups (broad SMARTS) is 2. The number of carboxylic acids is 2. The molecule has 40 heavy (non-hydrogen) atoms. The van der Waals surface area contributed by atoms with Gasteiger partial charge in [0.15, 0.2) is 6.04 Å². The number of nitrogens with zero attached hydrogens (tertiary/aromatic N) is 2. The molecule has 0 radical (unpaired) electrons. The van der Waals surface area contributed by atoms with Crippen molar-refractivity contribution < 1.29 is 64.4 Å². The second-order valence-electron chi connectivity index (χ2n) is 8.91. The van der Waals surface area contributed by atoms with Crippen LogP contribution in [0.25, 0.3) is 0 Å². The van der Waals surface area contributed by atoms with Gasteiger partial charge in [0.1, 0.15) is 36.8 Å². The number of nitrogen functional groups attached to an aromatic ring is 1. The minimum absolute atomic E-state index is 0.123. The second-order valence-corrected chi connectivity index (χ2v) is 8.91. The second kappa shape index (κ2) is 13.6. The Balaban J connectivity index is 2.20. The Kier molecular flexibility index (Phi) is 11.0. The number of nitrogens with one attached hydrogen (secondary N) is 2. The fraction of sp³-hybridized carbons (Fsp3) is 0.619. The van der Waals surface area contributed by atoms with Gasteiger partial charge in [0.25, 0.3) is 5.79 Å². The highest BCUT2D eigenvalue weighted by Crippen LogP contribution is 2.33. The SMILES string of the molecule is CC(=O)N[C@H]1[C@H]([C@H](O)[C@H](O)CO)O[C@@](OCC(=O)N[C@H](C(=O)O)[C@H](O)Cn2ccc(N)nc2=O)(C(=O)O)C[C@@H]1O. The maximum atomic E-state index is 12.5. The smallest absolute Gasteiger partial charge is 0.364 e. The van der Waals surface area contributed by atoms with Crippen molar-refractivity contribution in [3.63, 3.8) is 0 Å². The lowest BCUT2D eigenvalue weighted by Gasteiger charge is -2.46. The first-order valence-electron chi connectivity index (χ1n) is 11.6. The van der Waals surface area contributed by atoms with Crippen LogP contribution in [0.2, 0.25) is 0 Å². The van der Waals surface area contributed by atoms with E-state index in [1.165, 1.54) is 6.07 Å². The largest absolute Gasteiger partial charge is 0.480 e. The Bertz CT molecular complexity index is 1150. The molecule has 1 aliphatic heterocycles. The molecule has 2 heterocycles. The standard InChI is InChI=1S/C21H31N5O14/c1-8(28)23-14-9(29)4-21(19(36)37,40-17(14)16(33)11(31)6-27)39-7-13(32)25-15(18(34)35)10(30)5-26-3-2-12(22)24-20(26)38/h2-3,9-11,14-17,27,29-31,33H,4-7H2,1H3,(H,23,28)(H,25,32)(H,34,35)(H,36,37)(H2,22,24,38)/t9-,10+,11+,14+,15-,16+,17+,21+/m0/s1. The average Bonchev–Trinajstić information content (AvgIpc) is 2.87. The molecular formula is C21H31N5O14. The summed E-state index contributed by atoms with van der Waals surface area (Å²) in [6.07, 6.45) is -9.25. The highest BCUT2D eigenvalue weighted by molar-refractivity contribution is 5.85. The van der Waals surface area contributed by atoms with Gasteiger partial charge in [0.05, 0.1) is 25.3 Å². The van der Waals surface area contributed by atoms with Crippen LogP contribution in [-0.2, 0) is 35.2 Å². The number of hydrogen-bond acceptors (Lipinski definition) is 14. The van der Waals surface area contributed by atoms with E-state index < -0.39 is 104 Å². The molecule has 19 nitrogen and oxygen atoms in total. The first-order chi connectivity index (χ1) is 18.6. The van der Waals surface area contributed by atoms with Gasteiger partial charge in [-0.05, 0) is 6.07 Å². The van der Waals surface area contributed by atoms with Crippen LogP contribution in [0.5, 0.6) is 0 Å². The highest BCUT2D eigenvalue weighted by Gasteiger charge is 2.56. The summed E-state index contributed by atoms with van der Waals surface area (Å²) in [6.45, 7) is -1.80. The molecule has 0 saturated carbocycles. The van der Waals surface area contributed by atoms with Crippen LogP contribution in [0.1, 0.15) is 13.3 Å². The van der Waals surface area contributed by atoms with Gasteiger partial charge in [0.2, 0.25) is 11.8 Å². The number of rotatable bonds is 13. The van der Waals surface area contributed by atoms with Crippen LogP contribution in [0.15, 0.2) is 17.1 Å². The minimum atomic E-state index is -2.85. The number of aliphatic hydroxyl groups is 5. The summed E-state index contributed by atoms with van der Waals surface area (Å²) in [4.78, 5) is 63.1. The Labute approximate surface area is 224 Å². The monoisotopic (exact) mass is 577 g/mol. The third-order valence-corrected chi connectivity index (χ3v) is 5.87. The van der Waals surface area contributed by atoms with E-state index in [2.05, 4.69) is 10.3 Å². The number of amides is 2. The van der Waals surface area contributed by atoms with Gasteiger partial charge in [-0.25, -0.2) is 14.4 Å². The Morgan fingerprint density at radius 2 is 1.90 bits per heavy atom. The van der Waals surface area contributed by atoms with Crippen LogP contribution in [0.4, 0.5) is 5.82 Å². The van der Waals surface area contributed by atoms with Gasteiger partial charge in [-0.2, -0.15) is 4.98 Å². The molecule has 0 aliphatic carbocycles. The van der Waals surface area contributed by atoms with Gasteiger partial charge >= 0.3 is 17.6 Å². The molecule has 2 rings (SSSR count). The minimum Gasteiger partial charge on any atom is -0.480 e. The molecule has 2 amide bonds. The summed E-state index contributed by atoms with van der Waals surface area (Å²) in [7, 11) is 0. The lowest BCUT2D eigenvalue weighted by molar-refractivity contribution is -0.309. The van der Waals surface area contributed by atoms with E-state index in [4.69, 9.17) is 20.3 Å². The Hall–Kier alpha value is -3.72. The summed E-state index contributed by atoms with van der Waals surface area (Å²) in [6, 6.07) is -2.28. The number of aliphatic carboxylic acids is 2. The molecular weight excluding hydrogens is 546 g/mol. The van der Waals surface area contributed by atoms with Crippen molar-refractivity contribution in [3.8, 4) is 0 Å². The topological polar surface area (TPSA) is 313 Å². The number of nitrogens with two attached hydrogens (primary N) is 1. The van der Waals surface area contributed by atoms with E-state index >= 15 is 0 Å². The van der Waals surface area contributed by atoms with E-state index in [-0.39, 0.29) is 5.82 Å². The molecule has 1 fully saturated rings. The summed E-state index contributed by atoms with van der Waals surface area (Å²) in [5.74, 6) is -8.60. The number of ether oxygens (including phenoxy) is 2. The first kappa shape index (κ1) is 32.5. The molecule has 11 N–H and O–H groups in total. The van der Waals surface area contributed by atoms with Crippen molar-refractivity contribution in [2.45, 2.75) is 68.3 Å². The van der Waals surface area contributed by atoms with Crippen LogP contribution < -0.4 is 22.1 Å². The van der Waals surface area contributed by atoms with E-state index in [0.29, 0.717) is 0 Å². The lowest BCUT2D eigenvalue weighted by Crippen LogP contribution is -2.68. The highest BCUT2D eigenvalue weighted by atomic mass is 16.7. The van der Waals surface area contributed by atoms with Crippen molar-refractivity contribution in [2.24, 2.45) is 0 Å². The molecule has 1 aliphatic rings. The summed E-state index contributed by atoms with van der Waals surface area (Å²) in [5, 5.41) is 73.7. The van der Waals surface area contributed by atoms with Crippen molar-refractivity contribution >= 4 is 29.6 Å². The Morgan fingerprint density at radius 1 is 1.25 bits per heavy atom. The fourth-order valence-corrected chi connectivity index (χ4v) is 3.88. The van der Waals surface area contributed by atoms with Crippen LogP contribution >= 0.6 is 0 Å². The molecule has 0 unspecified atom stereocenters. The van der Waals surface area contributed by atoms with E-state index in [9.17, 15) is 54.6 Å². The number of carbonyl (C=O) groups is 4. The zero-order valence-electron chi connectivity index (χ0n) is 21.0. The predicted molar refractivity (Wildman–Crippen MR) is 127 cm³/mol. The molecule has 1 aromatic rings. The van der Waals surface area contributed by atoms with Crippen LogP contribution in [0.3, 0.4) is 0 Å². The summed E-state index contributed by atoms with van der Waals surface area (Å²) < 4.78 is 11.3. The van der Waals surface area contributed by atoms with Crippen LogP contribution in [-0.4, -0.2) is 131 Å². The fourth-order valence-electron chi connectivity index (χ4n) is 3.88. The van der Waals surface area contributed by atoms with E-state index in [1.807, 2.05) is 5.32 Å². The molecule has 0 bridgehead atoms. The molecule has 1 aromatic heterocycles. The lowest BCUT2D eigenvalue weighted by atomic mass is 9.88. The van der Waals surface area contributed by atoms with Crippen LogP contribution in [0, 0.1) is 0 Å². The normalized spacial score (nSPS) is 25.7. The first-order valence-corrected chi connectivity index (χ1v) is 11.6. The number of hydrogen-bond donors (Lipinski definition) is 10. The van der Waals surface area contributed by atoms with Gasteiger partial charge < -0.3 is 61.6 Å². The number of anilines is 1. The van der Waals surface area contributed by atoms with Crippen molar-refractivity contribution in [1.29, 1.82) is 0 Å². The van der Waals surface area contributed by atoms with Crippen molar-refractivity contribution in [3.05, 3.63) is 22.7 Å². The van der Waals surface area contributed by atoms with Gasteiger partial charge in [-0.3, -0.25) is 14.2 Å². The zero-order chi connectivity index (χ0) is 30.4. The predicted octanol–water partition coefficient (Wildman–Crippen LogP) is -6.08. The van der Waals surface area contributed by atoms with Crippen molar-refractivity contribution in [2.75, 3.05) is 18.9 Å². The van der Waals surface area contributed by atoms with Gasteiger partial charge in [-0.15, -0.1) is 0 Å². The quantitative estimate of drug-likeness (QED) is 0.104. The zero-order valence-corrected chi connectivity index (χ0v) is 21.0. The van der Waals surface area contributed by atoms with E-state index in [0.717, 1.165) is 17.7 Å². The maximum Gasteiger partial charge on any atom is 0.364 e. The van der Waals surface area contributed by atoms with Crippen molar-refractivity contribution in [1.82, 2.24) is 20.2 Å². The summed E-state index contributed by atoms with van der Waals surface area (Å²) in [5.41, 5.74) is 4.46. The number of aliphatic hydroxyl groups excluding tert-OH is 5. The molecule has 8 atom stereocenters. The average molecular weight is 578 g/mol. The Morgan fingerprint density at radius 3 is 2.42 bits per heavy atom. The van der Waals surface area contributed by atoms with Gasteiger partial charge in [-0.1, -0.05) is 0 Å². The van der Waals surface area contributed by atoms with E-state index in [1.54, 1.807) is 0 Å². The molecule has 0 aromatic carbocycles. The molecule has 0 spiro atoms. The molecule has 19 heteroatoms. The number of carbonyl (C=O) groups excluding carboxylic acids is 2. The third-order valence-electron chi connectivity index (χ3n) is 5.87.